The summed E-state index contributed by atoms with van der Waals surface area (Å²) < 4.78 is 10.7. The molecular weight excluding hydrogens is 261 g/mol. The molecule has 2 aromatic rings. The van der Waals surface area contributed by atoms with E-state index in [1.807, 2.05) is 24.3 Å². The normalized spacial score (nSPS) is 10.5. The summed E-state index contributed by atoms with van der Waals surface area (Å²) in [6, 6.07) is 7.47. The van der Waals surface area contributed by atoms with Crippen molar-refractivity contribution in [3.8, 4) is 17.2 Å². The van der Waals surface area contributed by atoms with Gasteiger partial charge in [0.05, 0.1) is 17.5 Å². The second kappa shape index (κ2) is 5.94. The van der Waals surface area contributed by atoms with Crippen LogP contribution in [-0.2, 0) is 5.88 Å². The van der Waals surface area contributed by atoms with Crippen LogP contribution in [0.4, 0.5) is 0 Å². The first-order valence-electron chi connectivity index (χ1n) is 5.13. The van der Waals surface area contributed by atoms with E-state index in [9.17, 15) is 0 Å². The van der Waals surface area contributed by atoms with Gasteiger partial charge in [0, 0.05) is 5.56 Å². The number of halogens is 2. The average molecular weight is 272 g/mol. The van der Waals surface area contributed by atoms with E-state index in [0.717, 1.165) is 17.0 Å². The van der Waals surface area contributed by atoms with Crippen molar-refractivity contribution in [2.75, 3.05) is 12.5 Å². The van der Waals surface area contributed by atoms with Gasteiger partial charge in [-0.1, -0.05) is 0 Å². The maximum absolute atomic E-state index is 5.66. The first-order chi connectivity index (χ1) is 8.33. The highest BCUT2D eigenvalue weighted by molar-refractivity contribution is 6.18. The van der Waals surface area contributed by atoms with Crippen molar-refractivity contribution >= 4 is 23.2 Å². The smallest absolute Gasteiger partial charge is 0.226 e. The summed E-state index contributed by atoms with van der Waals surface area (Å²) in [4.78, 5) is 4.23. The summed E-state index contributed by atoms with van der Waals surface area (Å²) in [5.41, 5.74) is 1.61. The highest BCUT2D eigenvalue weighted by atomic mass is 35.5. The minimum atomic E-state index is 0.348. The first kappa shape index (κ1) is 12.3. The molecule has 0 unspecified atom stereocenters. The van der Waals surface area contributed by atoms with Crippen LogP contribution in [0, 0.1) is 0 Å². The van der Waals surface area contributed by atoms with Gasteiger partial charge in [-0.05, 0) is 24.3 Å². The summed E-state index contributed by atoms with van der Waals surface area (Å²) in [6.07, 6.45) is 1.56. The Bertz CT molecular complexity index is 468. The van der Waals surface area contributed by atoms with Crippen LogP contribution >= 0.6 is 23.2 Å². The molecule has 0 fully saturated rings. The van der Waals surface area contributed by atoms with Gasteiger partial charge < -0.3 is 9.15 Å². The minimum absolute atomic E-state index is 0.348. The number of rotatable bonds is 5. The first-order valence-corrected chi connectivity index (χ1v) is 6.20. The molecule has 0 spiro atoms. The van der Waals surface area contributed by atoms with Crippen molar-refractivity contribution in [3.63, 3.8) is 0 Å². The lowest BCUT2D eigenvalue weighted by atomic mass is 10.2. The molecule has 0 aliphatic heterocycles. The molecule has 5 heteroatoms. The molecule has 1 aromatic carbocycles. The van der Waals surface area contributed by atoms with Crippen LogP contribution in [-0.4, -0.2) is 17.5 Å². The SMILES string of the molecule is ClCCOc1ccc(-c2nc(CCl)co2)cc1. The van der Waals surface area contributed by atoms with Crippen molar-refractivity contribution in [1.82, 2.24) is 4.98 Å². The predicted octanol–water partition coefficient (Wildman–Crippen LogP) is 3.70. The molecule has 1 heterocycles. The van der Waals surface area contributed by atoms with Crippen LogP contribution in [0.3, 0.4) is 0 Å². The zero-order valence-corrected chi connectivity index (χ0v) is 10.5. The Morgan fingerprint density at radius 1 is 1.18 bits per heavy atom. The third-order valence-corrected chi connectivity index (χ3v) is 2.56. The fraction of sp³-hybridized carbons (Fsp3) is 0.250. The topological polar surface area (TPSA) is 35.3 Å². The Morgan fingerprint density at radius 3 is 2.53 bits per heavy atom. The number of hydrogen-bond acceptors (Lipinski definition) is 3. The van der Waals surface area contributed by atoms with Crippen LogP contribution in [0.2, 0.25) is 0 Å². The number of alkyl halides is 2. The zero-order valence-electron chi connectivity index (χ0n) is 9.03. The molecule has 0 bridgehead atoms. The fourth-order valence-corrected chi connectivity index (χ4v) is 1.55. The largest absolute Gasteiger partial charge is 0.492 e. The van der Waals surface area contributed by atoms with Gasteiger partial charge in [-0.25, -0.2) is 4.98 Å². The molecule has 0 saturated heterocycles. The van der Waals surface area contributed by atoms with E-state index in [0.29, 0.717) is 24.3 Å². The van der Waals surface area contributed by atoms with Gasteiger partial charge in [0.15, 0.2) is 0 Å². The van der Waals surface area contributed by atoms with Crippen LogP contribution in [0.1, 0.15) is 5.69 Å². The zero-order chi connectivity index (χ0) is 12.1. The van der Waals surface area contributed by atoms with Gasteiger partial charge >= 0.3 is 0 Å². The lowest BCUT2D eigenvalue weighted by Crippen LogP contribution is -1.97. The Kier molecular flexibility index (Phi) is 4.29. The third kappa shape index (κ3) is 3.14. The lowest BCUT2D eigenvalue weighted by molar-refractivity contribution is 0.343. The second-order valence-corrected chi connectivity index (χ2v) is 3.98. The second-order valence-electron chi connectivity index (χ2n) is 3.34. The van der Waals surface area contributed by atoms with Crippen LogP contribution in [0.5, 0.6) is 5.75 Å². The molecule has 0 radical (unpaired) electrons. The van der Waals surface area contributed by atoms with E-state index in [1.165, 1.54) is 0 Å². The van der Waals surface area contributed by atoms with E-state index in [2.05, 4.69) is 4.98 Å². The highest BCUT2D eigenvalue weighted by Gasteiger charge is 2.05. The van der Waals surface area contributed by atoms with Crippen molar-refractivity contribution in [1.29, 1.82) is 0 Å². The molecular formula is C12H11Cl2NO2. The monoisotopic (exact) mass is 271 g/mol. The van der Waals surface area contributed by atoms with Gasteiger partial charge in [0.1, 0.15) is 18.6 Å². The van der Waals surface area contributed by atoms with Crippen molar-refractivity contribution < 1.29 is 9.15 Å². The summed E-state index contributed by atoms with van der Waals surface area (Å²) in [7, 11) is 0. The molecule has 0 aliphatic rings. The van der Waals surface area contributed by atoms with Crippen LogP contribution in [0.25, 0.3) is 11.5 Å². The number of ether oxygens (including phenoxy) is 1. The Labute approximate surface area is 109 Å². The van der Waals surface area contributed by atoms with Gasteiger partial charge in [-0.15, -0.1) is 23.2 Å². The summed E-state index contributed by atoms with van der Waals surface area (Å²) in [5, 5.41) is 0. The maximum atomic E-state index is 5.66. The van der Waals surface area contributed by atoms with E-state index in [4.69, 9.17) is 32.4 Å². The predicted molar refractivity (Wildman–Crippen MR) is 67.7 cm³/mol. The Balaban J connectivity index is 2.11. The van der Waals surface area contributed by atoms with Crippen LogP contribution < -0.4 is 4.74 Å². The maximum Gasteiger partial charge on any atom is 0.226 e. The fourth-order valence-electron chi connectivity index (χ4n) is 1.35. The number of hydrogen-bond donors (Lipinski definition) is 0. The number of benzene rings is 1. The number of aromatic nitrogens is 1. The molecule has 2 rings (SSSR count). The van der Waals surface area contributed by atoms with Crippen molar-refractivity contribution in [2.24, 2.45) is 0 Å². The summed E-state index contributed by atoms with van der Waals surface area (Å²) >= 11 is 11.2. The molecule has 17 heavy (non-hydrogen) atoms. The molecule has 0 atom stereocenters. The van der Waals surface area contributed by atoms with E-state index in [1.54, 1.807) is 6.26 Å². The molecule has 0 amide bonds. The van der Waals surface area contributed by atoms with Gasteiger partial charge in [0.25, 0.3) is 0 Å². The summed E-state index contributed by atoms with van der Waals surface area (Å²) in [6.45, 7) is 0.496. The van der Waals surface area contributed by atoms with E-state index >= 15 is 0 Å². The standard InChI is InChI=1S/C12H11Cl2NO2/c13-5-6-16-11-3-1-9(2-4-11)12-15-10(7-14)8-17-12/h1-4,8H,5-7H2. The van der Waals surface area contributed by atoms with Crippen LogP contribution in [0.15, 0.2) is 34.9 Å². The molecule has 3 nitrogen and oxygen atoms in total. The van der Waals surface area contributed by atoms with Gasteiger partial charge in [0.2, 0.25) is 5.89 Å². The number of nitrogens with zero attached hydrogens (tertiary/aromatic N) is 1. The quantitative estimate of drug-likeness (QED) is 0.778. The average Bonchev–Trinajstić information content (AvgIpc) is 2.86. The Hall–Kier alpha value is -1.19. The lowest BCUT2D eigenvalue weighted by Gasteiger charge is -2.03. The molecule has 0 saturated carbocycles. The Morgan fingerprint density at radius 2 is 1.94 bits per heavy atom. The number of oxazole rings is 1. The van der Waals surface area contributed by atoms with Gasteiger partial charge in [-0.3, -0.25) is 0 Å². The molecule has 0 N–H and O–H groups in total. The van der Waals surface area contributed by atoms with Crippen molar-refractivity contribution in [2.45, 2.75) is 5.88 Å². The highest BCUT2D eigenvalue weighted by Crippen LogP contribution is 2.22. The molecule has 0 aliphatic carbocycles. The molecule has 90 valence electrons. The van der Waals surface area contributed by atoms with E-state index in [-0.39, 0.29) is 0 Å². The third-order valence-electron chi connectivity index (χ3n) is 2.14. The van der Waals surface area contributed by atoms with Crippen molar-refractivity contribution in [3.05, 3.63) is 36.2 Å². The summed E-state index contributed by atoms with van der Waals surface area (Å²) in [5.74, 6) is 2.16. The van der Waals surface area contributed by atoms with Gasteiger partial charge in [-0.2, -0.15) is 0 Å². The molecule has 1 aromatic heterocycles. The van der Waals surface area contributed by atoms with E-state index < -0.39 is 0 Å². The minimum Gasteiger partial charge on any atom is -0.492 e.